The molecule has 7 heteroatoms. The second-order valence-electron chi connectivity index (χ2n) is 4.16. The molecule has 2 unspecified atom stereocenters. The predicted octanol–water partition coefficient (Wildman–Crippen LogP) is 0.691. The van der Waals surface area contributed by atoms with Gasteiger partial charge >= 0.3 is 6.18 Å². The van der Waals surface area contributed by atoms with Crippen molar-refractivity contribution in [3.8, 4) is 0 Å². The number of carbonyl (C=O) groups is 1. The van der Waals surface area contributed by atoms with E-state index >= 15 is 0 Å². The number of hydrogen-bond donors (Lipinski definition) is 2. The van der Waals surface area contributed by atoms with E-state index in [2.05, 4.69) is 4.74 Å². The van der Waals surface area contributed by atoms with Crippen molar-refractivity contribution in [3.63, 3.8) is 0 Å². The van der Waals surface area contributed by atoms with Gasteiger partial charge in [0.05, 0.1) is 11.6 Å². The molecule has 1 amide bonds. The van der Waals surface area contributed by atoms with E-state index < -0.39 is 30.3 Å². The third kappa shape index (κ3) is 3.64. The molecule has 0 aromatic rings. The molecular weight excluding hydrogens is 225 g/mol. The van der Waals surface area contributed by atoms with Gasteiger partial charge < -0.3 is 16.2 Å². The summed E-state index contributed by atoms with van der Waals surface area (Å²) in [7, 11) is 0. The van der Waals surface area contributed by atoms with Gasteiger partial charge in [0.2, 0.25) is 5.91 Å². The van der Waals surface area contributed by atoms with Crippen LogP contribution in [0.25, 0.3) is 0 Å². The second-order valence-corrected chi connectivity index (χ2v) is 4.16. The lowest BCUT2D eigenvalue weighted by Gasteiger charge is -2.35. The Morgan fingerprint density at radius 3 is 2.62 bits per heavy atom. The van der Waals surface area contributed by atoms with Crippen molar-refractivity contribution in [2.45, 2.75) is 43.5 Å². The van der Waals surface area contributed by atoms with Gasteiger partial charge in [0, 0.05) is 6.42 Å². The fourth-order valence-electron chi connectivity index (χ4n) is 1.83. The first-order chi connectivity index (χ1) is 7.23. The highest BCUT2D eigenvalue weighted by Gasteiger charge is 2.39. The average molecular weight is 240 g/mol. The molecule has 1 saturated carbocycles. The van der Waals surface area contributed by atoms with Gasteiger partial charge in [0.25, 0.3) is 0 Å². The molecular formula is C9H15F3N2O2. The minimum atomic E-state index is -4.36. The van der Waals surface area contributed by atoms with Crippen LogP contribution in [0.3, 0.4) is 0 Å². The predicted molar refractivity (Wildman–Crippen MR) is 50.4 cm³/mol. The molecule has 0 bridgehead atoms. The molecule has 0 saturated heterocycles. The Morgan fingerprint density at radius 2 is 2.12 bits per heavy atom. The molecule has 0 aromatic carbocycles. The first kappa shape index (κ1) is 13.2. The van der Waals surface area contributed by atoms with Crippen molar-refractivity contribution < 1.29 is 22.7 Å². The van der Waals surface area contributed by atoms with Crippen LogP contribution in [-0.4, -0.2) is 30.3 Å². The minimum absolute atomic E-state index is 0.0540. The zero-order valence-electron chi connectivity index (χ0n) is 8.72. The maximum atomic E-state index is 11.9. The van der Waals surface area contributed by atoms with Crippen molar-refractivity contribution in [1.29, 1.82) is 0 Å². The van der Waals surface area contributed by atoms with Crippen LogP contribution in [0.15, 0.2) is 0 Å². The Balaban J connectivity index is 2.48. The van der Waals surface area contributed by atoms with E-state index in [4.69, 9.17) is 11.5 Å². The van der Waals surface area contributed by atoms with Crippen molar-refractivity contribution in [3.05, 3.63) is 0 Å². The Morgan fingerprint density at radius 1 is 1.50 bits per heavy atom. The molecule has 16 heavy (non-hydrogen) atoms. The molecule has 1 aliphatic carbocycles. The average Bonchev–Trinajstić information content (AvgIpc) is 2.14. The second kappa shape index (κ2) is 4.58. The summed E-state index contributed by atoms with van der Waals surface area (Å²) in [4.78, 5) is 11.0. The molecule has 0 aliphatic heterocycles. The highest BCUT2D eigenvalue weighted by Crippen LogP contribution is 2.29. The topological polar surface area (TPSA) is 78.3 Å². The molecule has 2 atom stereocenters. The Labute approximate surface area is 91.1 Å². The molecule has 0 aromatic heterocycles. The van der Waals surface area contributed by atoms with Gasteiger partial charge in [-0.3, -0.25) is 4.79 Å². The lowest BCUT2D eigenvalue weighted by Crippen LogP contribution is -2.56. The monoisotopic (exact) mass is 240 g/mol. The molecule has 4 nitrogen and oxygen atoms in total. The van der Waals surface area contributed by atoms with Crippen molar-refractivity contribution in [1.82, 2.24) is 0 Å². The first-order valence-electron chi connectivity index (χ1n) is 5.00. The summed E-state index contributed by atoms with van der Waals surface area (Å²) in [6.07, 6.45) is -3.54. The van der Waals surface area contributed by atoms with Crippen LogP contribution in [0.1, 0.15) is 25.7 Å². The summed E-state index contributed by atoms with van der Waals surface area (Å²) < 4.78 is 40.4. The highest BCUT2D eigenvalue weighted by atomic mass is 19.4. The largest absolute Gasteiger partial charge is 0.411 e. The van der Waals surface area contributed by atoms with Gasteiger partial charge in [-0.05, 0) is 19.3 Å². The fraction of sp³-hybridized carbons (Fsp3) is 0.889. The summed E-state index contributed by atoms with van der Waals surface area (Å²) in [6, 6.07) is 0. The summed E-state index contributed by atoms with van der Waals surface area (Å²) in [5, 5.41) is 0. The SMILES string of the molecule is NC(=O)C1(N)CCCC(OCC(F)(F)F)C1. The van der Waals surface area contributed by atoms with Crippen LogP contribution in [0.5, 0.6) is 0 Å². The van der Waals surface area contributed by atoms with Gasteiger partial charge in [-0.2, -0.15) is 13.2 Å². The van der Waals surface area contributed by atoms with Crippen molar-refractivity contribution in [2.24, 2.45) is 11.5 Å². The van der Waals surface area contributed by atoms with E-state index in [9.17, 15) is 18.0 Å². The van der Waals surface area contributed by atoms with Crippen LogP contribution in [0.2, 0.25) is 0 Å². The smallest absolute Gasteiger partial charge is 0.369 e. The summed E-state index contributed by atoms with van der Waals surface area (Å²) >= 11 is 0. The van der Waals surface area contributed by atoms with Crippen molar-refractivity contribution >= 4 is 5.91 Å². The number of amides is 1. The van der Waals surface area contributed by atoms with E-state index in [1.54, 1.807) is 0 Å². The van der Waals surface area contributed by atoms with E-state index in [0.717, 1.165) is 0 Å². The van der Waals surface area contributed by atoms with E-state index in [0.29, 0.717) is 19.3 Å². The Kier molecular flexibility index (Phi) is 3.80. The Bertz CT molecular complexity index is 270. The highest BCUT2D eigenvalue weighted by molar-refractivity contribution is 5.84. The van der Waals surface area contributed by atoms with Gasteiger partial charge in [-0.1, -0.05) is 0 Å². The van der Waals surface area contributed by atoms with Gasteiger partial charge in [0.1, 0.15) is 6.61 Å². The number of primary amides is 1. The number of nitrogens with two attached hydrogens (primary N) is 2. The zero-order chi connectivity index (χ0) is 12.4. The molecule has 4 N–H and O–H groups in total. The standard InChI is InChI=1S/C9H15F3N2O2/c10-9(11,12)5-16-6-2-1-3-8(14,4-6)7(13)15/h6H,1-5,14H2,(H2,13,15). The summed E-state index contributed by atoms with van der Waals surface area (Å²) in [6.45, 7) is -1.31. The normalized spacial score (nSPS) is 31.4. The maximum Gasteiger partial charge on any atom is 0.411 e. The first-order valence-corrected chi connectivity index (χ1v) is 5.00. The van der Waals surface area contributed by atoms with Gasteiger partial charge in [-0.25, -0.2) is 0 Å². The van der Waals surface area contributed by atoms with E-state index in [-0.39, 0.29) is 6.42 Å². The quantitative estimate of drug-likeness (QED) is 0.761. The minimum Gasteiger partial charge on any atom is -0.369 e. The number of hydrogen-bond acceptors (Lipinski definition) is 3. The molecule has 1 rings (SSSR count). The number of carbonyl (C=O) groups excluding carboxylic acids is 1. The number of ether oxygens (including phenoxy) is 1. The lowest BCUT2D eigenvalue weighted by atomic mass is 9.80. The third-order valence-electron chi connectivity index (χ3n) is 2.71. The summed E-state index contributed by atoms with van der Waals surface area (Å²) in [5.41, 5.74) is 9.57. The van der Waals surface area contributed by atoms with Gasteiger partial charge in [-0.15, -0.1) is 0 Å². The molecule has 0 radical (unpaired) electrons. The van der Waals surface area contributed by atoms with Crippen LogP contribution >= 0.6 is 0 Å². The molecule has 1 fully saturated rings. The molecule has 1 aliphatic rings. The molecule has 0 heterocycles. The van der Waals surface area contributed by atoms with Crippen LogP contribution in [0, 0.1) is 0 Å². The number of halogens is 3. The molecule has 0 spiro atoms. The zero-order valence-corrected chi connectivity index (χ0v) is 8.72. The van der Waals surface area contributed by atoms with Crippen LogP contribution < -0.4 is 11.5 Å². The van der Waals surface area contributed by atoms with E-state index in [1.165, 1.54) is 0 Å². The maximum absolute atomic E-state index is 11.9. The summed E-state index contributed by atoms with van der Waals surface area (Å²) in [5.74, 6) is -0.687. The van der Waals surface area contributed by atoms with Crippen molar-refractivity contribution in [2.75, 3.05) is 6.61 Å². The van der Waals surface area contributed by atoms with Crippen LogP contribution in [-0.2, 0) is 9.53 Å². The van der Waals surface area contributed by atoms with E-state index in [1.807, 2.05) is 0 Å². The van der Waals surface area contributed by atoms with Gasteiger partial charge in [0.15, 0.2) is 0 Å². The van der Waals surface area contributed by atoms with Crippen LogP contribution in [0.4, 0.5) is 13.2 Å². The third-order valence-corrected chi connectivity index (χ3v) is 2.71. The lowest BCUT2D eigenvalue weighted by molar-refractivity contribution is -0.189. The molecule has 94 valence electrons. The number of rotatable bonds is 3. The number of alkyl halides is 3. The fourth-order valence-corrected chi connectivity index (χ4v) is 1.83. The Hall–Kier alpha value is -0.820.